The molecular formula is C16H14ClN3O3. The number of anilines is 2. The number of nitriles is 1. The van der Waals surface area contributed by atoms with Gasteiger partial charge in [0, 0.05) is 11.8 Å². The van der Waals surface area contributed by atoms with Gasteiger partial charge in [-0.2, -0.15) is 5.26 Å². The number of hydrogen-bond donors (Lipinski definition) is 1. The molecule has 1 aromatic heterocycles. The molecule has 1 heterocycles. The summed E-state index contributed by atoms with van der Waals surface area (Å²) in [5, 5.41) is 12.0. The van der Waals surface area contributed by atoms with Crippen LogP contribution in [0.25, 0.3) is 0 Å². The fraction of sp³-hybridized carbons (Fsp3) is 0.188. The second kappa shape index (κ2) is 7.47. The average Bonchev–Trinajstić information content (AvgIpc) is 2.55. The summed E-state index contributed by atoms with van der Waals surface area (Å²) in [5.41, 5.74) is 0.893. The normalized spacial score (nSPS) is 9.83. The van der Waals surface area contributed by atoms with Crippen LogP contribution in [-0.2, 0) is 4.74 Å². The van der Waals surface area contributed by atoms with Gasteiger partial charge in [0.2, 0.25) is 0 Å². The molecule has 6 nitrogen and oxygen atoms in total. The molecule has 0 bridgehead atoms. The molecule has 0 saturated carbocycles. The van der Waals surface area contributed by atoms with Gasteiger partial charge < -0.3 is 14.8 Å². The van der Waals surface area contributed by atoms with Crippen LogP contribution in [0.15, 0.2) is 30.3 Å². The molecular weight excluding hydrogens is 318 g/mol. The van der Waals surface area contributed by atoms with E-state index in [1.165, 1.54) is 6.07 Å². The SMILES string of the molecule is CCOC(=O)c1cc(C#N)c(Cl)nc1Nc1cccc(OC)c1. The zero-order valence-corrected chi connectivity index (χ0v) is 13.3. The Bertz CT molecular complexity index is 772. The van der Waals surface area contributed by atoms with Crippen molar-refractivity contribution in [3.8, 4) is 11.8 Å². The number of methoxy groups -OCH3 is 1. The molecule has 0 atom stereocenters. The number of ether oxygens (including phenoxy) is 2. The number of nitrogens with one attached hydrogen (secondary N) is 1. The number of pyridine rings is 1. The van der Waals surface area contributed by atoms with E-state index in [1.807, 2.05) is 6.07 Å². The summed E-state index contributed by atoms with van der Waals surface area (Å²) in [6, 6.07) is 10.3. The van der Waals surface area contributed by atoms with Crippen molar-refractivity contribution < 1.29 is 14.3 Å². The maximum Gasteiger partial charge on any atom is 0.341 e. The van der Waals surface area contributed by atoms with Crippen molar-refractivity contribution in [2.45, 2.75) is 6.92 Å². The Kier molecular flexibility index (Phi) is 5.39. The second-order valence-electron chi connectivity index (χ2n) is 4.41. The van der Waals surface area contributed by atoms with E-state index in [4.69, 9.17) is 26.3 Å². The minimum absolute atomic E-state index is 0.00550. The highest BCUT2D eigenvalue weighted by Crippen LogP contribution is 2.26. The molecule has 118 valence electrons. The Morgan fingerprint density at radius 3 is 2.87 bits per heavy atom. The lowest BCUT2D eigenvalue weighted by molar-refractivity contribution is 0.0527. The van der Waals surface area contributed by atoms with Crippen molar-refractivity contribution in [3.05, 3.63) is 46.6 Å². The third-order valence-electron chi connectivity index (χ3n) is 2.92. The van der Waals surface area contributed by atoms with Crippen LogP contribution in [0.3, 0.4) is 0 Å². The molecule has 0 fully saturated rings. The van der Waals surface area contributed by atoms with E-state index in [9.17, 15) is 4.79 Å². The first-order valence-electron chi connectivity index (χ1n) is 6.77. The number of carbonyl (C=O) groups is 1. The minimum atomic E-state index is -0.585. The molecule has 0 aliphatic heterocycles. The first-order chi connectivity index (χ1) is 11.1. The van der Waals surface area contributed by atoms with Gasteiger partial charge >= 0.3 is 5.97 Å². The number of esters is 1. The fourth-order valence-electron chi connectivity index (χ4n) is 1.87. The van der Waals surface area contributed by atoms with Crippen LogP contribution in [0.4, 0.5) is 11.5 Å². The summed E-state index contributed by atoms with van der Waals surface area (Å²) in [6.07, 6.45) is 0. The third-order valence-corrected chi connectivity index (χ3v) is 3.21. The Hall–Kier alpha value is -2.78. The number of hydrogen-bond acceptors (Lipinski definition) is 6. The largest absolute Gasteiger partial charge is 0.497 e. The van der Waals surface area contributed by atoms with Crippen LogP contribution in [0.1, 0.15) is 22.8 Å². The van der Waals surface area contributed by atoms with E-state index in [2.05, 4.69) is 10.3 Å². The van der Waals surface area contributed by atoms with Gasteiger partial charge in [-0.25, -0.2) is 9.78 Å². The molecule has 7 heteroatoms. The standard InChI is InChI=1S/C16H14ClN3O3/c1-3-23-16(21)13-7-10(9-18)14(17)20-15(13)19-11-5-4-6-12(8-11)22-2/h4-8H,3H2,1-2H3,(H,19,20). The fourth-order valence-corrected chi connectivity index (χ4v) is 2.05. The molecule has 0 spiro atoms. The lowest BCUT2D eigenvalue weighted by atomic mass is 10.2. The number of nitrogens with zero attached hydrogens (tertiary/aromatic N) is 2. The first kappa shape index (κ1) is 16.6. The van der Waals surface area contributed by atoms with Crippen molar-refractivity contribution in [2.24, 2.45) is 0 Å². The Labute approximate surface area is 138 Å². The van der Waals surface area contributed by atoms with Gasteiger partial charge in [-0.15, -0.1) is 0 Å². The van der Waals surface area contributed by atoms with Gasteiger partial charge in [0.05, 0.1) is 19.3 Å². The molecule has 0 radical (unpaired) electrons. The molecule has 2 aromatic rings. The van der Waals surface area contributed by atoms with Gasteiger partial charge in [0.15, 0.2) is 0 Å². The highest BCUT2D eigenvalue weighted by atomic mass is 35.5. The predicted molar refractivity (Wildman–Crippen MR) is 86.2 cm³/mol. The smallest absolute Gasteiger partial charge is 0.341 e. The maximum absolute atomic E-state index is 12.1. The summed E-state index contributed by atoms with van der Waals surface area (Å²) >= 11 is 5.96. The van der Waals surface area contributed by atoms with Crippen molar-refractivity contribution in [3.63, 3.8) is 0 Å². The lowest BCUT2D eigenvalue weighted by Gasteiger charge is -2.12. The molecule has 1 aromatic carbocycles. The van der Waals surface area contributed by atoms with Crippen LogP contribution in [-0.4, -0.2) is 24.7 Å². The van der Waals surface area contributed by atoms with Gasteiger partial charge in [-0.1, -0.05) is 17.7 Å². The van der Waals surface area contributed by atoms with E-state index >= 15 is 0 Å². The van der Waals surface area contributed by atoms with E-state index in [-0.39, 0.29) is 28.7 Å². The quantitative estimate of drug-likeness (QED) is 0.666. The molecule has 0 aliphatic rings. The highest BCUT2D eigenvalue weighted by Gasteiger charge is 2.18. The van der Waals surface area contributed by atoms with Crippen LogP contribution in [0.5, 0.6) is 5.75 Å². The molecule has 0 aliphatic carbocycles. The van der Waals surface area contributed by atoms with Crippen LogP contribution < -0.4 is 10.1 Å². The van der Waals surface area contributed by atoms with E-state index in [0.29, 0.717) is 11.4 Å². The minimum Gasteiger partial charge on any atom is -0.497 e. The van der Waals surface area contributed by atoms with Crippen molar-refractivity contribution in [1.29, 1.82) is 5.26 Å². The van der Waals surface area contributed by atoms with E-state index in [0.717, 1.165) is 0 Å². The molecule has 0 saturated heterocycles. The summed E-state index contributed by atoms with van der Waals surface area (Å²) in [7, 11) is 1.56. The summed E-state index contributed by atoms with van der Waals surface area (Å²) in [5.74, 6) is 0.270. The van der Waals surface area contributed by atoms with Gasteiger partial charge in [0.1, 0.15) is 28.4 Å². The Morgan fingerprint density at radius 1 is 1.43 bits per heavy atom. The average molecular weight is 332 g/mol. The number of carbonyl (C=O) groups excluding carboxylic acids is 1. The molecule has 0 unspecified atom stereocenters. The zero-order chi connectivity index (χ0) is 16.8. The zero-order valence-electron chi connectivity index (χ0n) is 12.6. The van der Waals surface area contributed by atoms with Crippen LogP contribution in [0, 0.1) is 11.3 Å². The van der Waals surface area contributed by atoms with Gasteiger partial charge in [0.25, 0.3) is 0 Å². The third kappa shape index (κ3) is 3.90. The number of benzene rings is 1. The Morgan fingerprint density at radius 2 is 2.22 bits per heavy atom. The molecule has 2 rings (SSSR count). The molecule has 0 amide bonds. The highest BCUT2D eigenvalue weighted by molar-refractivity contribution is 6.30. The number of rotatable bonds is 5. The summed E-state index contributed by atoms with van der Waals surface area (Å²) in [6.45, 7) is 1.91. The Balaban J connectivity index is 2.45. The van der Waals surface area contributed by atoms with Crippen LogP contribution >= 0.6 is 11.6 Å². The second-order valence-corrected chi connectivity index (χ2v) is 4.77. The van der Waals surface area contributed by atoms with E-state index < -0.39 is 5.97 Å². The monoisotopic (exact) mass is 331 g/mol. The number of halogens is 1. The van der Waals surface area contributed by atoms with E-state index in [1.54, 1.807) is 38.3 Å². The molecule has 1 N–H and O–H groups in total. The first-order valence-corrected chi connectivity index (χ1v) is 7.15. The number of aromatic nitrogens is 1. The predicted octanol–water partition coefficient (Wildman–Crippen LogP) is 3.54. The van der Waals surface area contributed by atoms with Gasteiger partial charge in [-0.05, 0) is 25.1 Å². The topological polar surface area (TPSA) is 84.2 Å². The van der Waals surface area contributed by atoms with Crippen molar-refractivity contribution >= 4 is 29.1 Å². The van der Waals surface area contributed by atoms with Crippen molar-refractivity contribution in [1.82, 2.24) is 4.98 Å². The lowest BCUT2D eigenvalue weighted by Crippen LogP contribution is -2.10. The summed E-state index contributed by atoms with van der Waals surface area (Å²) in [4.78, 5) is 16.2. The van der Waals surface area contributed by atoms with Crippen molar-refractivity contribution in [2.75, 3.05) is 19.0 Å². The molecule has 23 heavy (non-hydrogen) atoms. The van der Waals surface area contributed by atoms with Crippen LogP contribution in [0.2, 0.25) is 5.15 Å². The summed E-state index contributed by atoms with van der Waals surface area (Å²) < 4.78 is 10.1. The maximum atomic E-state index is 12.1. The van der Waals surface area contributed by atoms with Gasteiger partial charge in [-0.3, -0.25) is 0 Å².